The molecule has 168 valence electrons. The first-order chi connectivity index (χ1) is 15.2. The number of piperazine rings is 1. The van der Waals surface area contributed by atoms with Crippen molar-refractivity contribution in [2.24, 2.45) is 5.92 Å². The van der Waals surface area contributed by atoms with Crippen molar-refractivity contribution in [3.63, 3.8) is 0 Å². The molecule has 4 rings (SSSR count). The molecule has 1 unspecified atom stereocenters. The molecule has 1 atom stereocenters. The van der Waals surface area contributed by atoms with Crippen molar-refractivity contribution < 1.29 is 19.4 Å². The molecular formula is C22H31N5O4. The summed E-state index contributed by atoms with van der Waals surface area (Å²) in [5.74, 6) is 2.89. The molecule has 0 spiro atoms. The van der Waals surface area contributed by atoms with Crippen LogP contribution in [0.25, 0.3) is 10.9 Å². The Hall–Kier alpha value is -2.81. The summed E-state index contributed by atoms with van der Waals surface area (Å²) in [6, 6.07) is 3.84. The standard InChI is InChI=1S/C22H31N5O4/c1-30-19-12-17-18(13-20(19)31-11-3-5-16-4-2-6-23-14-16)24-15-25-21(17)26-7-9-27(10-8-26)22(28)29/h12-13,15-16,23H,2-11,14H2,1H3,(H,28,29). The summed E-state index contributed by atoms with van der Waals surface area (Å²) in [5, 5.41) is 13.5. The Bertz CT molecular complexity index is 895. The van der Waals surface area contributed by atoms with Crippen LogP contribution in [-0.4, -0.2) is 79.1 Å². The van der Waals surface area contributed by atoms with Crippen LogP contribution in [0, 0.1) is 5.92 Å². The third-order valence-corrected chi connectivity index (χ3v) is 6.16. The minimum absolute atomic E-state index is 0.454. The van der Waals surface area contributed by atoms with Gasteiger partial charge in [-0.2, -0.15) is 0 Å². The number of fused-ring (bicyclic) bond motifs is 1. The van der Waals surface area contributed by atoms with E-state index in [1.165, 1.54) is 17.7 Å². The molecule has 2 aliphatic rings. The molecule has 2 aliphatic heterocycles. The maximum atomic E-state index is 11.2. The molecule has 3 heterocycles. The number of methoxy groups -OCH3 is 1. The Labute approximate surface area is 182 Å². The van der Waals surface area contributed by atoms with Crippen molar-refractivity contribution in [2.75, 3.05) is 57.9 Å². The number of nitrogens with one attached hydrogen (secondary N) is 1. The van der Waals surface area contributed by atoms with E-state index in [9.17, 15) is 9.90 Å². The first-order valence-electron chi connectivity index (χ1n) is 11.0. The Morgan fingerprint density at radius 2 is 2.06 bits per heavy atom. The van der Waals surface area contributed by atoms with Gasteiger partial charge in [0.1, 0.15) is 12.1 Å². The average Bonchev–Trinajstić information content (AvgIpc) is 2.81. The van der Waals surface area contributed by atoms with E-state index in [0.29, 0.717) is 44.3 Å². The Morgan fingerprint density at radius 1 is 1.23 bits per heavy atom. The smallest absolute Gasteiger partial charge is 0.407 e. The lowest BCUT2D eigenvalue weighted by Gasteiger charge is -2.34. The fourth-order valence-corrected chi connectivity index (χ4v) is 4.41. The third kappa shape index (κ3) is 5.10. The van der Waals surface area contributed by atoms with Crippen LogP contribution in [0.3, 0.4) is 0 Å². The second-order valence-electron chi connectivity index (χ2n) is 8.18. The number of anilines is 1. The van der Waals surface area contributed by atoms with Crippen molar-refractivity contribution >= 4 is 22.8 Å². The molecule has 2 aromatic rings. The van der Waals surface area contributed by atoms with Gasteiger partial charge < -0.3 is 29.7 Å². The summed E-state index contributed by atoms with van der Waals surface area (Å²) in [7, 11) is 1.64. The van der Waals surface area contributed by atoms with Gasteiger partial charge in [-0.3, -0.25) is 0 Å². The van der Waals surface area contributed by atoms with Crippen LogP contribution in [0.4, 0.5) is 10.6 Å². The number of ether oxygens (including phenoxy) is 2. The molecule has 1 amide bonds. The number of carboxylic acid groups (broad SMARTS) is 1. The van der Waals surface area contributed by atoms with E-state index in [4.69, 9.17) is 9.47 Å². The first-order valence-corrected chi connectivity index (χ1v) is 11.0. The number of hydrogen-bond acceptors (Lipinski definition) is 7. The van der Waals surface area contributed by atoms with E-state index in [1.54, 1.807) is 13.4 Å². The highest BCUT2D eigenvalue weighted by Gasteiger charge is 2.23. The monoisotopic (exact) mass is 429 g/mol. The van der Waals surface area contributed by atoms with Crippen molar-refractivity contribution in [1.82, 2.24) is 20.2 Å². The summed E-state index contributed by atoms with van der Waals surface area (Å²) in [6.45, 7) is 4.99. The van der Waals surface area contributed by atoms with Crippen LogP contribution in [0.1, 0.15) is 25.7 Å². The highest BCUT2D eigenvalue weighted by molar-refractivity contribution is 5.92. The SMILES string of the molecule is COc1cc2c(N3CCN(C(=O)O)CC3)ncnc2cc1OCCCC1CCCNC1. The van der Waals surface area contributed by atoms with Crippen LogP contribution < -0.4 is 19.7 Å². The van der Waals surface area contributed by atoms with E-state index in [1.807, 2.05) is 12.1 Å². The van der Waals surface area contributed by atoms with Crippen LogP contribution in [0.5, 0.6) is 11.5 Å². The van der Waals surface area contributed by atoms with Gasteiger partial charge in [0.15, 0.2) is 11.5 Å². The number of amides is 1. The highest BCUT2D eigenvalue weighted by Crippen LogP contribution is 2.35. The largest absolute Gasteiger partial charge is 0.493 e. The minimum atomic E-state index is -0.879. The van der Waals surface area contributed by atoms with E-state index in [0.717, 1.165) is 48.6 Å². The molecule has 0 aliphatic carbocycles. The third-order valence-electron chi connectivity index (χ3n) is 6.16. The fraction of sp³-hybridized carbons (Fsp3) is 0.591. The zero-order chi connectivity index (χ0) is 21.6. The number of carbonyl (C=O) groups is 1. The van der Waals surface area contributed by atoms with Crippen molar-refractivity contribution in [2.45, 2.75) is 25.7 Å². The Morgan fingerprint density at radius 3 is 2.77 bits per heavy atom. The van der Waals surface area contributed by atoms with Crippen molar-refractivity contribution in [3.05, 3.63) is 18.5 Å². The summed E-state index contributed by atoms with van der Waals surface area (Å²) in [5.41, 5.74) is 0.790. The molecule has 0 saturated carbocycles. The zero-order valence-electron chi connectivity index (χ0n) is 18.0. The lowest BCUT2D eigenvalue weighted by atomic mass is 9.95. The molecule has 1 aromatic carbocycles. The van der Waals surface area contributed by atoms with Gasteiger partial charge in [0.05, 0.1) is 19.2 Å². The van der Waals surface area contributed by atoms with Gasteiger partial charge in [-0.15, -0.1) is 0 Å². The van der Waals surface area contributed by atoms with Gasteiger partial charge in [-0.05, 0) is 50.8 Å². The summed E-state index contributed by atoms with van der Waals surface area (Å²) in [4.78, 5) is 23.6. The van der Waals surface area contributed by atoms with Gasteiger partial charge in [-0.25, -0.2) is 14.8 Å². The normalized spacial score (nSPS) is 19.5. The first kappa shape index (κ1) is 21.4. The molecule has 9 nitrogen and oxygen atoms in total. The maximum Gasteiger partial charge on any atom is 0.407 e. The molecule has 1 aromatic heterocycles. The summed E-state index contributed by atoms with van der Waals surface area (Å²) < 4.78 is 11.7. The molecule has 0 radical (unpaired) electrons. The van der Waals surface area contributed by atoms with Crippen LogP contribution in [0.15, 0.2) is 18.5 Å². The number of hydrogen-bond donors (Lipinski definition) is 2. The van der Waals surface area contributed by atoms with Crippen LogP contribution in [0.2, 0.25) is 0 Å². The predicted molar refractivity (Wildman–Crippen MR) is 118 cm³/mol. The molecule has 9 heteroatoms. The molecule has 0 bridgehead atoms. The topological polar surface area (TPSA) is 100 Å². The van der Waals surface area contributed by atoms with Gasteiger partial charge >= 0.3 is 6.09 Å². The van der Waals surface area contributed by atoms with Crippen LogP contribution in [-0.2, 0) is 0 Å². The summed E-state index contributed by atoms with van der Waals surface area (Å²) in [6.07, 6.45) is 5.40. The highest BCUT2D eigenvalue weighted by atomic mass is 16.5. The average molecular weight is 430 g/mol. The number of aromatic nitrogens is 2. The molecule has 31 heavy (non-hydrogen) atoms. The van der Waals surface area contributed by atoms with Crippen molar-refractivity contribution in [3.8, 4) is 11.5 Å². The summed E-state index contributed by atoms with van der Waals surface area (Å²) >= 11 is 0. The minimum Gasteiger partial charge on any atom is -0.493 e. The van der Waals surface area contributed by atoms with E-state index >= 15 is 0 Å². The maximum absolute atomic E-state index is 11.2. The molecular weight excluding hydrogens is 398 g/mol. The quantitative estimate of drug-likeness (QED) is 0.648. The van der Waals surface area contributed by atoms with Gasteiger partial charge in [0.2, 0.25) is 0 Å². The molecule has 2 N–H and O–H groups in total. The van der Waals surface area contributed by atoms with Crippen molar-refractivity contribution in [1.29, 1.82) is 0 Å². The number of rotatable bonds is 7. The van der Waals surface area contributed by atoms with Gasteiger partial charge in [0.25, 0.3) is 0 Å². The Balaban J connectivity index is 1.44. The number of piperidine rings is 1. The van der Waals surface area contributed by atoms with E-state index in [2.05, 4.69) is 20.2 Å². The van der Waals surface area contributed by atoms with E-state index < -0.39 is 6.09 Å². The lowest BCUT2D eigenvalue weighted by molar-refractivity contribution is 0.142. The van der Waals surface area contributed by atoms with E-state index in [-0.39, 0.29) is 0 Å². The number of nitrogens with zero attached hydrogens (tertiary/aromatic N) is 4. The fourth-order valence-electron chi connectivity index (χ4n) is 4.41. The second kappa shape index (κ2) is 10.00. The molecule has 2 saturated heterocycles. The lowest BCUT2D eigenvalue weighted by Crippen LogP contribution is -2.48. The number of benzene rings is 1. The van der Waals surface area contributed by atoms with Gasteiger partial charge in [-0.1, -0.05) is 0 Å². The zero-order valence-corrected chi connectivity index (χ0v) is 18.0. The van der Waals surface area contributed by atoms with Gasteiger partial charge in [0, 0.05) is 37.6 Å². The second-order valence-corrected chi connectivity index (χ2v) is 8.18. The van der Waals surface area contributed by atoms with Crippen LogP contribution >= 0.6 is 0 Å². The Kier molecular flexibility index (Phi) is 6.91. The molecule has 2 fully saturated rings. The predicted octanol–water partition coefficient (Wildman–Crippen LogP) is 2.60.